The lowest BCUT2D eigenvalue weighted by atomic mass is 10.00. The van der Waals surface area contributed by atoms with E-state index in [9.17, 15) is 8.78 Å². The number of alkyl halides is 1. The van der Waals surface area contributed by atoms with E-state index in [1.54, 1.807) is 30.5 Å². The Bertz CT molecular complexity index is 854. The lowest BCUT2D eigenvalue weighted by Gasteiger charge is -2.20. The van der Waals surface area contributed by atoms with Crippen LogP contribution in [0.2, 0.25) is 0 Å². The Balaban J connectivity index is 1.93. The minimum atomic E-state index is -0.903. The first-order valence-corrected chi connectivity index (χ1v) is 7.63. The number of nitrogens with zero attached hydrogens (tertiary/aromatic N) is 4. The Morgan fingerprint density at radius 2 is 2.04 bits per heavy atom. The Kier molecular flexibility index (Phi) is 3.68. The summed E-state index contributed by atoms with van der Waals surface area (Å²) in [6.07, 6.45) is 2.33. The summed E-state index contributed by atoms with van der Waals surface area (Å²) in [5.41, 5.74) is 1.52. The van der Waals surface area contributed by atoms with Gasteiger partial charge >= 0.3 is 0 Å². The highest BCUT2D eigenvalue weighted by Gasteiger charge is 2.28. The van der Waals surface area contributed by atoms with Crippen LogP contribution in [-0.2, 0) is 0 Å². The van der Waals surface area contributed by atoms with Crippen molar-refractivity contribution in [3.05, 3.63) is 48.7 Å². The summed E-state index contributed by atoms with van der Waals surface area (Å²) >= 11 is 0. The smallest absolute Gasteiger partial charge is 0.251 e. The van der Waals surface area contributed by atoms with Crippen LogP contribution in [0, 0.1) is 5.82 Å². The minimum Gasteiger partial charge on any atom is -0.423 e. The van der Waals surface area contributed by atoms with E-state index in [2.05, 4.69) is 15.2 Å². The molecule has 122 valence electrons. The number of benzene rings is 1. The molecule has 1 fully saturated rings. The van der Waals surface area contributed by atoms with Gasteiger partial charge in [0.25, 0.3) is 5.89 Å². The molecule has 3 heterocycles. The van der Waals surface area contributed by atoms with Crippen LogP contribution in [0.5, 0.6) is 0 Å². The van der Waals surface area contributed by atoms with Crippen molar-refractivity contribution in [3.8, 4) is 22.6 Å². The van der Waals surface area contributed by atoms with E-state index in [1.165, 1.54) is 12.5 Å². The number of halogens is 2. The molecule has 2 aromatic heterocycles. The van der Waals surface area contributed by atoms with Crippen LogP contribution in [0.4, 0.5) is 14.6 Å². The van der Waals surface area contributed by atoms with Crippen molar-refractivity contribution in [1.82, 2.24) is 15.2 Å². The Labute approximate surface area is 137 Å². The van der Waals surface area contributed by atoms with Crippen molar-refractivity contribution in [1.29, 1.82) is 0 Å². The van der Waals surface area contributed by atoms with Crippen LogP contribution < -0.4 is 4.90 Å². The van der Waals surface area contributed by atoms with E-state index in [-0.39, 0.29) is 18.3 Å². The molecule has 5 nitrogen and oxygen atoms in total. The van der Waals surface area contributed by atoms with Gasteiger partial charge < -0.3 is 9.32 Å². The van der Waals surface area contributed by atoms with Gasteiger partial charge in [0.05, 0.1) is 12.1 Å². The lowest BCUT2D eigenvalue weighted by molar-refractivity contribution is 0.364. The molecule has 0 spiro atoms. The van der Waals surface area contributed by atoms with Crippen molar-refractivity contribution in [2.75, 3.05) is 18.0 Å². The van der Waals surface area contributed by atoms with Crippen molar-refractivity contribution in [3.63, 3.8) is 0 Å². The summed E-state index contributed by atoms with van der Waals surface area (Å²) < 4.78 is 33.3. The van der Waals surface area contributed by atoms with Gasteiger partial charge in [-0.3, -0.25) is 0 Å². The van der Waals surface area contributed by atoms with Gasteiger partial charge in [-0.25, -0.2) is 13.8 Å². The third-order valence-corrected chi connectivity index (χ3v) is 4.10. The molecule has 0 amide bonds. The van der Waals surface area contributed by atoms with Gasteiger partial charge in [0.1, 0.15) is 17.8 Å². The summed E-state index contributed by atoms with van der Waals surface area (Å²) in [6, 6.07) is 8.15. The highest BCUT2D eigenvalue weighted by molar-refractivity contribution is 5.87. The van der Waals surface area contributed by atoms with Crippen LogP contribution in [0.1, 0.15) is 6.42 Å². The number of rotatable bonds is 3. The molecular weight excluding hydrogens is 314 g/mol. The maximum atomic E-state index is 14.3. The number of pyridine rings is 1. The van der Waals surface area contributed by atoms with E-state index in [0.717, 1.165) is 0 Å². The fourth-order valence-electron chi connectivity index (χ4n) is 3.00. The second kappa shape index (κ2) is 5.99. The van der Waals surface area contributed by atoms with Gasteiger partial charge in [0.15, 0.2) is 0 Å². The van der Waals surface area contributed by atoms with E-state index in [1.807, 2.05) is 4.90 Å². The van der Waals surface area contributed by atoms with Gasteiger partial charge in [-0.05, 0) is 18.6 Å². The number of hydrogen-bond donors (Lipinski definition) is 0. The molecule has 24 heavy (non-hydrogen) atoms. The molecular formula is C17H14F2N4O. The predicted molar refractivity (Wildman–Crippen MR) is 84.6 cm³/mol. The zero-order valence-corrected chi connectivity index (χ0v) is 12.7. The normalized spacial score (nSPS) is 17.4. The van der Waals surface area contributed by atoms with Crippen molar-refractivity contribution in [2.24, 2.45) is 0 Å². The third-order valence-electron chi connectivity index (χ3n) is 4.10. The SMILES string of the molecule is Fc1ccccc1-c1ccnc(N2CCC(F)C2)c1-c1nnco1. The third kappa shape index (κ3) is 2.51. The molecule has 0 aliphatic carbocycles. The molecule has 1 atom stereocenters. The van der Waals surface area contributed by atoms with Gasteiger partial charge in [-0.15, -0.1) is 10.2 Å². The van der Waals surface area contributed by atoms with Crippen LogP contribution in [-0.4, -0.2) is 34.4 Å². The fraction of sp³-hybridized carbons (Fsp3) is 0.235. The first-order chi connectivity index (χ1) is 11.7. The van der Waals surface area contributed by atoms with Crippen molar-refractivity contribution < 1.29 is 13.2 Å². The van der Waals surface area contributed by atoms with Crippen LogP contribution in [0.3, 0.4) is 0 Å². The monoisotopic (exact) mass is 328 g/mol. The summed E-state index contributed by atoms with van der Waals surface area (Å²) in [7, 11) is 0. The van der Waals surface area contributed by atoms with Gasteiger partial charge in [-0.1, -0.05) is 18.2 Å². The molecule has 0 saturated carbocycles. The molecule has 1 unspecified atom stereocenters. The van der Waals surface area contributed by atoms with Gasteiger partial charge in [-0.2, -0.15) is 0 Å². The summed E-state index contributed by atoms with van der Waals surface area (Å²) in [6.45, 7) is 0.783. The second-order valence-corrected chi connectivity index (χ2v) is 5.61. The Morgan fingerprint density at radius 1 is 1.17 bits per heavy atom. The molecule has 1 aliphatic rings. The topological polar surface area (TPSA) is 55.1 Å². The molecule has 0 bridgehead atoms. The fourth-order valence-corrected chi connectivity index (χ4v) is 3.00. The molecule has 4 rings (SSSR count). The van der Waals surface area contributed by atoms with E-state index in [4.69, 9.17) is 4.42 Å². The van der Waals surface area contributed by atoms with Gasteiger partial charge in [0.2, 0.25) is 6.39 Å². The minimum absolute atomic E-state index is 0.235. The predicted octanol–water partition coefficient (Wildman–Crippen LogP) is 3.49. The maximum Gasteiger partial charge on any atom is 0.251 e. The van der Waals surface area contributed by atoms with Gasteiger partial charge in [0, 0.05) is 23.9 Å². The molecule has 1 saturated heterocycles. The quantitative estimate of drug-likeness (QED) is 0.737. The van der Waals surface area contributed by atoms with E-state index >= 15 is 0 Å². The molecule has 1 aromatic carbocycles. The van der Waals surface area contributed by atoms with Crippen molar-refractivity contribution >= 4 is 5.82 Å². The average molecular weight is 328 g/mol. The van der Waals surface area contributed by atoms with Crippen molar-refractivity contribution in [2.45, 2.75) is 12.6 Å². The average Bonchev–Trinajstić information content (AvgIpc) is 3.26. The molecule has 0 radical (unpaired) electrons. The van der Waals surface area contributed by atoms with Crippen LogP contribution in [0.15, 0.2) is 47.3 Å². The first-order valence-electron chi connectivity index (χ1n) is 7.63. The molecule has 7 heteroatoms. The van der Waals surface area contributed by atoms with Crippen LogP contribution in [0.25, 0.3) is 22.6 Å². The summed E-state index contributed by atoms with van der Waals surface area (Å²) in [5, 5.41) is 7.66. The largest absolute Gasteiger partial charge is 0.423 e. The number of anilines is 1. The first kappa shape index (κ1) is 14.7. The number of hydrogen-bond acceptors (Lipinski definition) is 5. The number of aromatic nitrogens is 3. The maximum absolute atomic E-state index is 14.3. The Hall–Kier alpha value is -2.83. The van der Waals surface area contributed by atoms with E-state index < -0.39 is 6.17 Å². The second-order valence-electron chi connectivity index (χ2n) is 5.61. The van der Waals surface area contributed by atoms with E-state index in [0.29, 0.717) is 35.5 Å². The molecule has 1 aliphatic heterocycles. The molecule has 3 aromatic rings. The lowest BCUT2D eigenvalue weighted by Crippen LogP contribution is -2.22. The van der Waals surface area contributed by atoms with Crippen LogP contribution >= 0.6 is 0 Å². The summed E-state index contributed by atoms with van der Waals surface area (Å²) in [4.78, 5) is 6.20. The highest BCUT2D eigenvalue weighted by Crippen LogP contribution is 2.39. The Morgan fingerprint density at radius 3 is 2.75 bits per heavy atom. The zero-order chi connectivity index (χ0) is 16.5. The standard InChI is InChI=1S/C17H14F2N4O/c18-11-6-8-23(9-11)16-15(17-22-21-10-24-17)13(5-7-20-16)12-3-1-2-4-14(12)19/h1-5,7,10-11H,6,8-9H2. The zero-order valence-electron chi connectivity index (χ0n) is 12.7. The summed E-state index contributed by atoms with van der Waals surface area (Å²) in [5.74, 6) is 0.402. The molecule has 0 N–H and O–H groups in total. The highest BCUT2D eigenvalue weighted by atomic mass is 19.1.